The molecule has 8 rings (SSSR count). The van der Waals surface area contributed by atoms with E-state index in [1.807, 2.05) is 66.7 Å². The first kappa shape index (κ1) is 32.4. The van der Waals surface area contributed by atoms with Crippen molar-refractivity contribution in [1.82, 2.24) is 4.57 Å². The van der Waals surface area contributed by atoms with Crippen molar-refractivity contribution in [3.63, 3.8) is 0 Å². The van der Waals surface area contributed by atoms with E-state index in [-0.39, 0.29) is 0 Å². The van der Waals surface area contributed by atoms with Crippen LogP contribution in [0.1, 0.15) is 34.9 Å². The molecule has 250 valence electrons. The smallest absolute Gasteiger partial charge is 0.179 e. The lowest BCUT2D eigenvalue weighted by atomic mass is 9.94. The first-order valence-corrected chi connectivity index (χ1v) is 17.4. The van der Waals surface area contributed by atoms with E-state index in [9.17, 15) is 0 Å². The second-order valence-electron chi connectivity index (χ2n) is 12.6. The molecule has 52 heavy (non-hydrogen) atoms. The number of benzene rings is 6. The first-order chi connectivity index (χ1) is 25.7. The van der Waals surface area contributed by atoms with Gasteiger partial charge in [0.15, 0.2) is 5.76 Å². The molecule has 0 bridgehead atoms. The van der Waals surface area contributed by atoms with Gasteiger partial charge < -0.3 is 9.30 Å². The fourth-order valence-electron chi connectivity index (χ4n) is 7.11. The van der Waals surface area contributed by atoms with Crippen LogP contribution in [0.5, 0.6) is 5.75 Å². The highest BCUT2D eigenvalue weighted by Gasteiger charge is 2.29. The summed E-state index contributed by atoms with van der Waals surface area (Å²) in [4.78, 5) is 9.59. The lowest BCUT2D eigenvalue weighted by Gasteiger charge is -2.11. The highest BCUT2D eigenvalue weighted by molar-refractivity contribution is 6.20. The molecule has 0 unspecified atom stereocenters. The van der Waals surface area contributed by atoms with E-state index in [1.165, 1.54) is 5.39 Å². The molecule has 1 aliphatic rings. The molecule has 4 heteroatoms. The predicted octanol–water partition coefficient (Wildman–Crippen LogP) is 12.1. The second kappa shape index (κ2) is 14.2. The highest BCUT2D eigenvalue weighted by Crippen LogP contribution is 2.41. The van der Waals surface area contributed by atoms with Crippen molar-refractivity contribution in [3.05, 3.63) is 198 Å². The Bertz CT molecular complexity index is 2540. The topological polar surface area (TPSA) is 38.9 Å². The Labute approximate surface area is 304 Å². The van der Waals surface area contributed by atoms with Crippen LogP contribution in [0.15, 0.2) is 180 Å². The Kier molecular flexibility index (Phi) is 8.87. The van der Waals surface area contributed by atoms with Crippen molar-refractivity contribution in [2.24, 2.45) is 9.98 Å². The van der Waals surface area contributed by atoms with Gasteiger partial charge in [0.25, 0.3) is 0 Å². The van der Waals surface area contributed by atoms with Gasteiger partial charge in [0.2, 0.25) is 0 Å². The fraction of sp³-hybridized carbons (Fsp3) is 0.0417. The number of hydrogen-bond donors (Lipinski definition) is 0. The molecular formula is C48H37N3O. The van der Waals surface area contributed by atoms with Gasteiger partial charge in [-0.25, -0.2) is 0 Å². The number of para-hydroxylation sites is 1. The number of nitrogens with zero attached hydrogens (tertiary/aromatic N) is 3. The summed E-state index contributed by atoms with van der Waals surface area (Å²) in [5.41, 5.74) is 13.3. The molecule has 7 aromatic rings. The van der Waals surface area contributed by atoms with E-state index in [2.05, 4.69) is 133 Å². The summed E-state index contributed by atoms with van der Waals surface area (Å²) >= 11 is 0. The van der Waals surface area contributed by atoms with Gasteiger partial charge in [-0.05, 0) is 83.9 Å². The minimum absolute atomic E-state index is 0.509. The predicted molar refractivity (Wildman–Crippen MR) is 219 cm³/mol. The zero-order chi connectivity index (χ0) is 35.4. The summed E-state index contributed by atoms with van der Waals surface area (Å²) in [5, 5.41) is 1.19. The normalized spacial score (nSPS) is 14.1. The van der Waals surface area contributed by atoms with Gasteiger partial charge >= 0.3 is 0 Å². The van der Waals surface area contributed by atoms with Gasteiger partial charge in [-0.15, -0.1) is 0 Å². The van der Waals surface area contributed by atoms with Crippen LogP contribution >= 0.6 is 0 Å². The molecular weight excluding hydrogens is 635 g/mol. The summed E-state index contributed by atoms with van der Waals surface area (Å²) in [6.07, 6.45) is 6.25. The Balaban J connectivity index is 1.26. The first-order valence-electron chi connectivity index (χ1n) is 17.4. The van der Waals surface area contributed by atoms with Crippen molar-refractivity contribution in [2.75, 3.05) is 0 Å². The molecule has 4 nitrogen and oxygen atoms in total. The summed E-state index contributed by atoms with van der Waals surface area (Å²) in [7, 11) is 0. The lowest BCUT2D eigenvalue weighted by Crippen LogP contribution is -2.05. The van der Waals surface area contributed by atoms with Crippen LogP contribution in [0.25, 0.3) is 56.7 Å². The maximum atomic E-state index is 6.54. The zero-order valence-electron chi connectivity index (χ0n) is 29.0. The van der Waals surface area contributed by atoms with E-state index in [0.29, 0.717) is 18.0 Å². The van der Waals surface area contributed by atoms with Crippen LogP contribution in [0.2, 0.25) is 0 Å². The SMILES string of the molecule is C=Cc1c(/C=C\C)c2c(-c3cccc(-c4ccc5c(c4)C(=NCc4ccccc4)/C(=C(\N=C)c4ccccc4)O5)c3)cccc2n1-c1ccccc1. The largest absolute Gasteiger partial charge is 0.452 e. The van der Waals surface area contributed by atoms with Crippen LogP contribution in [0.4, 0.5) is 0 Å². The number of rotatable bonds is 9. The number of aliphatic imine (C=N–C) groups is 2. The maximum Gasteiger partial charge on any atom is 0.179 e. The Hall–Kier alpha value is -6.78. The van der Waals surface area contributed by atoms with Gasteiger partial charge in [0.1, 0.15) is 17.2 Å². The van der Waals surface area contributed by atoms with E-state index in [4.69, 9.17) is 9.73 Å². The molecule has 0 fully saturated rings. The summed E-state index contributed by atoms with van der Waals surface area (Å²) < 4.78 is 8.84. The van der Waals surface area contributed by atoms with Crippen LogP contribution in [-0.2, 0) is 6.54 Å². The third-order valence-corrected chi connectivity index (χ3v) is 9.46. The summed E-state index contributed by atoms with van der Waals surface area (Å²) in [6, 6.07) is 52.4. The molecule has 1 aromatic heterocycles. The molecule has 6 aromatic carbocycles. The third kappa shape index (κ3) is 5.91. The Morgan fingerprint density at radius 2 is 1.40 bits per heavy atom. The standard InChI is InChI=1S/C48H37N3O/c1-4-17-40-42(5-2)51(38-24-13-8-14-25-38)43-27-16-26-39(45(40)43)37-23-15-22-35(30-37)36-28-29-44-41(31-36)47(50-32-33-18-9-6-10-19-33)48(52-44)46(49-3)34-20-11-7-12-21-34/h4-31H,2-3,32H2,1H3/b17-4-,48-46+,50-47?. The van der Waals surface area contributed by atoms with Crippen LogP contribution < -0.4 is 4.74 Å². The average Bonchev–Trinajstić information content (AvgIpc) is 3.73. The van der Waals surface area contributed by atoms with Gasteiger partial charge in [-0.3, -0.25) is 9.98 Å². The van der Waals surface area contributed by atoms with E-state index in [0.717, 1.165) is 72.9 Å². The van der Waals surface area contributed by atoms with Crippen molar-refractivity contribution in [2.45, 2.75) is 13.5 Å². The Morgan fingerprint density at radius 1 is 0.712 bits per heavy atom. The minimum atomic E-state index is 0.509. The molecule has 0 atom stereocenters. The highest BCUT2D eigenvalue weighted by atomic mass is 16.5. The van der Waals surface area contributed by atoms with Crippen molar-refractivity contribution in [3.8, 4) is 33.7 Å². The average molecular weight is 672 g/mol. The molecule has 0 saturated heterocycles. The van der Waals surface area contributed by atoms with Gasteiger partial charge in [0.05, 0.1) is 17.8 Å². The third-order valence-electron chi connectivity index (χ3n) is 9.46. The maximum absolute atomic E-state index is 6.54. The molecule has 0 aliphatic carbocycles. The molecule has 0 saturated carbocycles. The van der Waals surface area contributed by atoms with E-state index < -0.39 is 0 Å². The molecule has 0 radical (unpaired) electrons. The minimum Gasteiger partial charge on any atom is -0.452 e. The van der Waals surface area contributed by atoms with Crippen LogP contribution in [0.3, 0.4) is 0 Å². The quantitative estimate of drug-likeness (QED) is 0.141. The van der Waals surface area contributed by atoms with Crippen LogP contribution in [-0.4, -0.2) is 17.0 Å². The fourth-order valence-corrected chi connectivity index (χ4v) is 7.11. The molecule has 2 heterocycles. The van der Waals surface area contributed by atoms with Gasteiger partial charge in [-0.2, -0.15) is 0 Å². The van der Waals surface area contributed by atoms with Gasteiger partial charge in [-0.1, -0.05) is 134 Å². The van der Waals surface area contributed by atoms with Crippen molar-refractivity contribution in [1.29, 1.82) is 0 Å². The molecule has 0 spiro atoms. The molecule has 0 amide bonds. The number of ether oxygens (including phenoxy) is 1. The van der Waals surface area contributed by atoms with Crippen LogP contribution in [0, 0.1) is 0 Å². The second-order valence-corrected chi connectivity index (χ2v) is 12.6. The van der Waals surface area contributed by atoms with Gasteiger partial charge in [0, 0.05) is 27.8 Å². The Morgan fingerprint density at radius 3 is 2.13 bits per heavy atom. The van der Waals surface area contributed by atoms with Crippen molar-refractivity contribution < 1.29 is 4.74 Å². The zero-order valence-corrected chi connectivity index (χ0v) is 29.0. The molecule has 1 aliphatic heterocycles. The monoisotopic (exact) mass is 671 g/mol. The number of allylic oxidation sites excluding steroid dienone is 2. The molecule has 0 N–H and O–H groups in total. The van der Waals surface area contributed by atoms with Crippen molar-refractivity contribution >= 4 is 41.2 Å². The lowest BCUT2D eigenvalue weighted by molar-refractivity contribution is 0.470. The number of fused-ring (bicyclic) bond motifs is 2. The summed E-state index contributed by atoms with van der Waals surface area (Å²) in [5.74, 6) is 1.36. The van der Waals surface area contributed by atoms with E-state index in [1.54, 1.807) is 0 Å². The number of hydrogen-bond acceptors (Lipinski definition) is 3. The summed E-state index contributed by atoms with van der Waals surface area (Å²) in [6.45, 7) is 10.7. The van der Waals surface area contributed by atoms with E-state index >= 15 is 0 Å². The number of aromatic nitrogens is 1.